The monoisotopic (exact) mass is 513 g/mol. The second kappa shape index (κ2) is 11.0. The molecule has 0 unspecified atom stereocenters. The first-order valence-corrected chi connectivity index (χ1v) is 14.7. The van der Waals surface area contributed by atoms with Crippen LogP contribution in [0.15, 0.2) is 24.3 Å². The van der Waals surface area contributed by atoms with Crippen LogP contribution in [0.3, 0.4) is 0 Å². The van der Waals surface area contributed by atoms with Crippen LogP contribution >= 0.6 is 0 Å². The van der Waals surface area contributed by atoms with Gasteiger partial charge in [0.15, 0.2) is 0 Å². The van der Waals surface area contributed by atoms with Gasteiger partial charge in [0.25, 0.3) is 0 Å². The van der Waals surface area contributed by atoms with Crippen molar-refractivity contribution in [3.8, 4) is 0 Å². The molecule has 1 aromatic rings. The molecular formula is C32H51NO4. The van der Waals surface area contributed by atoms with Crippen LogP contribution in [0.2, 0.25) is 0 Å². The number of aryl methyl sites for hydroxylation is 2. The number of rotatable bonds is 4. The topological polar surface area (TPSA) is 104 Å². The molecule has 0 spiro atoms. The van der Waals surface area contributed by atoms with Gasteiger partial charge in [-0.25, -0.2) is 0 Å². The highest BCUT2D eigenvalue weighted by molar-refractivity contribution is 5.73. The predicted molar refractivity (Wildman–Crippen MR) is 148 cm³/mol. The van der Waals surface area contributed by atoms with E-state index in [9.17, 15) is 20.1 Å². The van der Waals surface area contributed by atoms with Crippen LogP contribution in [0.5, 0.6) is 0 Å². The van der Waals surface area contributed by atoms with Crippen molar-refractivity contribution >= 4 is 5.91 Å². The fourth-order valence-corrected chi connectivity index (χ4v) is 9.34. The minimum absolute atomic E-state index is 0.112. The van der Waals surface area contributed by atoms with Crippen molar-refractivity contribution in [2.24, 2.45) is 52.1 Å². The number of carbonyl (C=O) groups excluding carboxylic acids is 1. The standard InChI is InChI=1S/C24H41NO4.C8H10/c1-13(4-7-21(25)29)16-5-6-17-22-18(12-20(28)24(16,17)3)23(2)9-8-15(26)10-14(23)11-19(22)27;1-7-3-5-8(2)6-4-7/h13-20,22,26-28H,4-12H2,1-3H3,(H2,25,29);3-6H,1-2H3/t13-,14+,15-,16-,17+,18+,19-,20+,22+,23+,24-;/m1./s1. The van der Waals surface area contributed by atoms with Crippen LogP contribution in [-0.4, -0.2) is 39.5 Å². The van der Waals surface area contributed by atoms with E-state index in [1.165, 1.54) is 11.1 Å². The number of carbonyl (C=O) groups is 1. The largest absolute Gasteiger partial charge is 0.393 e. The summed E-state index contributed by atoms with van der Waals surface area (Å²) in [6.45, 7) is 11.0. The van der Waals surface area contributed by atoms with E-state index < -0.39 is 0 Å². The molecule has 4 aliphatic rings. The zero-order valence-electron chi connectivity index (χ0n) is 23.7. The Kier molecular flexibility index (Phi) is 8.48. The van der Waals surface area contributed by atoms with E-state index >= 15 is 0 Å². The lowest BCUT2D eigenvalue weighted by Gasteiger charge is -2.63. The first-order valence-electron chi connectivity index (χ1n) is 14.7. The smallest absolute Gasteiger partial charge is 0.217 e. The summed E-state index contributed by atoms with van der Waals surface area (Å²) in [5, 5.41) is 33.0. The molecule has 4 aliphatic carbocycles. The highest BCUT2D eigenvalue weighted by Crippen LogP contribution is 2.68. The van der Waals surface area contributed by atoms with Crippen molar-refractivity contribution in [2.75, 3.05) is 0 Å². The van der Waals surface area contributed by atoms with Gasteiger partial charge >= 0.3 is 0 Å². The summed E-state index contributed by atoms with van der Waals surface area (Å²) in [5.41, 5.74) is 7.96. The molecule has 5 heteroatoms. The first-order chi connectivity index (χ1) is 17.4. The third kappa shape index (κ3) is 5.38. The van der Waals surface area contributed by atoms with Crippen LogP contribution in [-0.2, 0) is 4.79 Å². The molecule has 0 bridgehead atoms. The Balaban J connectivity index is 0.000000342. The lowest BCUT2D eigenvalue weighted by Crippen LogP contribution is -2.62. The van der Waals surface area contributed by atoms with E-state index in [2.05, 4.69) is 58.9 Å². The molecule has 37 heavy (non-hydrogen) atoms. The Bertz CT molecular complexity index is 912. The zero-order valence-corrected chi connectivity index (χ0v) is 23.7. The average molecular weight is 514 g/mol. The van der Waals surface area contributed by atoms with Crippen molar-refractivity contribution in [3.63, 3.8) is 0 Å². The minimum atomic E-state index is -0.369. The third-order valence-electron chi connectivity index (χ3n) is 11.6. The number of primary amides is 1. The molecule has 208 valence electrons. The van der Waals surface area contributed by atoms with E-state index in [4.69, 9.17) is 5.73 Å². The van der Waals surface area contributed by atoms with Gasteiger partial charge in [-0.15, -0.1) is 0 Å². The molecule has 5 nitrogen and oxygen atoms in total. The molecule has 5 N–H and O–H groups in total. The Hall–Kier alpha value is -1.43. The number of aliphatic hydroxyl groups is 3. The van der Waals surface area contributed by atoms with Crippen LogP contribution < -0.4 is 5.73 Å². The van der Waals surface area contributed by atoms with Gasteiger partial charge in [0.2, 0.25) is 5.91 Å². The molecule has 0 heterocycles. The summed E-state index contributed by atoms with van der Waals surface area (Å²) in [6, 6.07) is 8.48. The van der Waals surface area contributed by atoms with Gasteiger partial charge in [0.05, 0.1) is 18.3 Å². The maximum atomic E-state index is 11.5. The molecule has 5 rings (SSSR count). The summed E-state index contributed by atoms with van der Waals surface area (Å²) < 4.78 is 0. The van der Waals surface area contributed by atoms with Gasteiger partial charge in [0.1, 0.15) is 0 Å². The second-order valence-electron chi connectivity index (χ2n) is 13.7. The Morgan fingerprint density at radius 3 is 2.19 bits per heavy atom. The average Bonchev–Trinajstić information content (AvgIpc) is 3.20. The second-order valence-corrected chi connectivity index (χ2v) is 13.7. The number of nitrogens with two attached hydrogens (primary N) is 1. The first kappa shape index (κ1) is 28.6. The van der Waals surface area contributed by atoms with Crippen LogP contribution in [0, 0.1) is 60.2 Å². The fraction of sp³-hybridized carbons (Fsp3) is 0.781. The number of amides is 1. The maximum Gasteiger partial charge on any atom is 0.217 e. The molecule has 1 amide bonds. The summed E-state index contributed by atoms with van der Waals surface area (Å²) >= 11 is 0. The number of aliphatic hydroxyl groups excluding tert-OH is 3. The van der Waals surface area contributed by atoms with Gasteiger partial charge in [-0.1, -0.05) is 56.2 Å². The van der Waals surface area contributed by atoms with E-state index in [1.807, 2.05) is 0 Å². The van der Waals surface area contributed by atoms with E-state index in [0.717, 1.165) is 51.4 Å². The highest BCUT2D eigenvalue weighted by Gasteiger charge is 2.65. The summed E-state index contributed by atoms with van der Waals surface area (Å²) in [4.78, 5) is 11.3. The maximum absolute atomic E-state index is 11.5. The van der Waals surface area contributed by atoms with Crippen molar-refractivity contribution < 1.29 is 20.1 Å². The van der Waals surface area contributed by atoms with Gasteiger partial charge in [-0.3, -0.25) is 4.79 Å². The summed E-state index contributed by atoms with van der Waals surface area (Å²) in [5.74, 6) is 1.72. The van der Waals surface area contributed by atoms with E-state index in [-0.39, 0.29) is 41.0 Å². The van der Waals surface area contributed by atoms with Crippen molar-refractivity contribution in [1.82, 2.24) is 0 Å². The van der Waals surface area contributed by atoms with Crippen molar-refractivity contribution in [3.05, 3.63) is 35.4 Å². The SMILES string of the molecule is C[C@H](CCC(N)=O)[C@H]1CC[C@H]2[C@@H]3[C@H](O)C[C@@H]4C[C@H](O)CC[C@]4(C)[C@H]3C[C@H](O)[C@]12C.Cc1ccc(C)cc1. The van der Waals surface area contributed by atoms with Crippen LogP contribution in [0.1, 0.15) is 89.7 Å². The summed E-state index contributed by atoms with van der Waals surface area (Å²) in [6.07, 6.45) is 6.56. The number of hydrogen-bond acceptors (Lipinski definition) is 4. The normalized spacial score (nSPS) is 43.5. The number of fused-ring (bicyclic) bond motifs is 5. The molecule has 0 radical (unpaired) electrons. The van der Waals surface area contributed by atoms with Gasteiger partial charge < -0.3 is 21.1 Å². The van der Waals surface area contributed by atoms with E-state index in [1.54, 1.807) is 0 Å². The molecule has 1 aromatic carbocycles. The zero-order chi connectivity index (χ0) is 27.1. The van der Waals surface area contributed by atoms with Crippen LogP contribution in [0.4, 0.5) is 0 Å². The Morgan fingerprint density at radius 1 is 0.973 bits per heavy atom. The Morgan fingerprint density at radius 2 is 1.59 bits per heavy atom. The quantitative estimate of drug-likeness (QED) is 0.447. The molecule has 0 aromatic heterocycles. The van der Waals surface area contributed by atoms with Gasteiger partial charge in [0, 0.05) is 6.42 Å². The van der Waals surface area contributed by atoms with E-state index in [0.29, 0.717) is 36.0 Å². The third-order valence-corrected chi connectivity index (χ3v) is 11.6. The van der Waals surface area contributed by atoms with Crippen molar-refractivity contribution in [1.29, 1.82) is 0 Å². The number of hydrogen-bond donors (Lipinski definition) is 4. The lowest BCUT2D eigenvalue weighted by atomic mass is 9.43. The Labute approximate surface area is 224 Å². The lowest BCUT2D eigenvalue weighted by molar-refractivity contribution is -0.207. The highest BCUT2D eigenvalue weighted by atomic mass is 16.3. The van der Waals surface area contributed by atoms with Gasteiger partial charge in [-0.05, 0) is 112 Å². The van der Waals surface area contributed by atoms with Crippen molar-refractivity contribution in [2.45, 2.75) is 111 Å². The number of benzene rings is 1. The molecule has 0 saturated heterocycles. The molecule has 0 aliphatic heterocycles. The minimum Gasteiger partial charge on any atom is -0.393 e. The fourth-order valence-electron chi connectivity index (χ4n) is 9.34. The van der Waals surface area contributed by atoms with Gasteiger partial charge in [-0.2, -0.15) is 0 Å². The predicted octanol–water partition coefficient (Wildman–Crippen LogP) is 5.15. The summed E-state index contributed by atoms with van der Waals surface area (Å²) in [7, 11) is 0. The molecular weight excluding hydrogens is 462 g/mol. The van der Waals surface area contributed by atoms with Crippen LogP contribution in [0.25, 0.3) is 0 Å². The molecule has 11 atom stereocenters. The molecule has 4 fully saturated rings. The molecule has 4 saturated carbocycles.